The lowest BCUT2D eigenvalue weighted by Gasteiger charge is -2.19. The number of anilines is 1. The summed E-state index contributed by atoms with van der Waals surface area (Å²) in [5.41, 5.74) is 5.59. The molecule has 0 amide bonds. The van der Waals surface area contributed by atoms with Crippen LogP contribution in [-0.4, -0.2) is 43.7 Å². The zero-order valence-electron chi connectivity index (χ0n) is 10.0. The SMILES string of the molecule is Cc1cn(C2CC(CO)C(O)C2O)c(=O)nc1N. The van der Waals surface area contributed by atoms with E-state index < -0.39 is 29.9 Å². The molecule has 0 spiro atoms. The molecule has 4 unspecified atom stereocenters. The average molecular weight is 255 g/mol. The second kappa shape index (κ2) is 4.68. The molecule has 5 N–H and O–H groups in total. The van der Waals surface area contributed by atoms with Crippen molar-refractivity contribution in [3.05, 3.63) is 22.2 Å². The maximum absolute atomic E-state index is 11.7. The first-order valence-corrected chi connectivity index (χ1v) is 5.78. The zero-order valence-corrected chi connectivity index (χ0v) is 10.0. The normalized spacial score (nSPS) is 31.8. The number of nitrogens with zero attached hydrogens (tertiary/aromatic N) is 2. The van der Waals surface area contributed by atoms with Gasteiger partial charge in [-0.25, -0.2) is 4.79 Å². The largest absolute Gasteiger partial charge is 0.396 e. The number of aliphatic hydroxyl groups is 3. The molecule has 1 aliphatic rings. The molecular formula is C11H17N3O4. The second-order valence-corrected chi connectivity index (χ2v) is 4.73. The van der Waals surface area contributed by atoms with E-state index in [1.165, 1.54) is 10.8 Å². The summed E-state index contributed by atoms with van der Waals surface area (Å²) in [5, 5.41) is 28.7. The van der Waals surface area contributed by atoms with Gasteiger partial charge in [-0.1, -0.05) is 0 Å². The fourth-order valence-corrected chi connectivity index (χ4v) is 2.37. The molecule has 1 saturated carbocycles. The van der Waals surface area contributed by atoms with Gasteiger partial charge in [0.15, 0.2) is 0 Å². The average Bonchev–Trinajstić information content (AvgIpc) is 2.61. The summed E-state index contributed by atoms with van der Waals surface area (Å²) in [5.74, 6) is -0.280. The molecule has 0 radical (unpaired) electrons. The molecule has 18 heavy (non-hydrogen) atoms. The van der Waals surface area contributed by atoms with Crippen LogP contribution in [0, 0.1) is 12.8 Å². The number of hydrogen-bond acceptors (Lipinski definition) is 6. The van der Waals surface area contributed by atoms with E-state index in [1.54, 1.807) is 6.92 Å². The Kier molecular flexibility index (Phi) is 3.38. The minimum absolute atomic E-state index is 0.156. The lowest BCUT2D eigenvalue weighted by atomic mass is 10.1. The highest BCUT2D eigenvalue weighted by molar-refractivity contribution is 5.35. The molecule has 1 aromatic heterocycles. The monoisotopic (exact) mass is 255 g/mol. The van der Waals surface area contributed by atoms with Gasteiger partial charge in [-0.05, 0) is 13.3 Å². The molecule has 0 aromatic carbocycles. The molecule has 7 nitrogen and oxygen atoms in total. The van der Waals surface area contributed by atoms with Crippen LogP contribution in [0.4, 0.5) is 5.82 Å². The van der Waals surface area contributed by atoms with Crippen LogP contribution < -0.4 is 11.4 Å². The van der Waals surface area contributed by atoms with Crippen LogP contribution in [0.25, 0.3) is 0 Å². The number of aryl methyl sites for hydroxylation is 1. The van der Waals surface area contributed by atoms with Gasteiger partial charge < -0.3 is 21.1 Å². The highest BCUT2D eigenvalue weighted by atomic mass is 16.3. The lowest BCUT2D eigenvalue weighted by molar-refractivity contribution is -0.00455. The molecular weight excluding hydrogens is 238 g/mol. The van der Waals surface area contributed by atoms with Gasteiger partial charge in [0.1, 0.15) is 11.9 Å². The lowest BCUT2D eigenvalue weighted by Crippen LogP contribution is -2.35. The van der Waals surface area contributed by atoms with Crippen molar-refractivity contribution < 1.29 is 15.3 Å². The van der Waals surface area contributed by atoms with E-state index in [0.717, 1.165) is 0 Å². The Morgan fingerprint density at radius 1 is 1.50 bits per heavy atom. The molecule has 7 heteroatoms. The molecule has 1 heterocycles. The van der Waals surface area contributed by atoms with E-state index in [0.29, 0.717) is 12.0 Å². The number of aromatic nitrogens is 2. The minimum Gasteiger partial charge on any atom is -0.396 e. The van der Waals surface area contributed by atoms with Gasteiger partial charge in [-0.3, -0.25) is 4.57 Å². The number of aliphatic hydroxyl groups excluding tert-OH is 3. The Labute approximate surface area is 104 Å². The van der Waals surface area contributed by atoms with Crippen LogP contribution in [-0.2, 0) is 0 Å². The smallest absolute Gasteiger partial charge is 0.349 e. The summed E-state index contributed by atoms with van der Waals surface area (Å²) >= 11 is 0. The van der Waals surface area contributed by atoms with Crippen LogP contribution >= 0.6 is 0 Å². The van der Waals surface area contributed by atoms with E-state index in [2.05, 4.69) is 4.98 Å². The fraction of sp³-hybridized carbons (Fsp3) is 0.636. The predicted octanol–water partition coefficient (Wildman–Crippen LogP) is -1.59. The van der Waals surface area contributed by atoms with Gasteiger partial charge in [-0.2, -0.15) is 4.98 Å². The quantitative estimate of drug-likeness (QED) is 0.505. The molecule has 0 bridgehead atoms. The van der Waals surface area contributed by atoms with Crippen molar-refractivity contribution in [1.29, 1.82) is 0 Å². The Morgan fingerprint density at radius 2 is 2.17 bits per heavy atom. The van der Waals surface area contributed by atoms with Crippen molar-refractivity contribution in [2.75, 3.05) is 12.3 Å². The summed E-state index contributed by atoms with van der Waals surface area (Å²) in [6.07, 6.45) is -0.288. The summed E-state index contributed by atoms with van der Waals surface area (Å²) in [6.45, 7) is 1.48. The van der Waals surface area contributed by atoms with E-state index in [9.17, 15) is 15.0 Å². The molecule has 1 aliphatic carbocycles. The molecule has 100 valence electrons. The maximum atomic E-state index is 11.7. The first kappa shape index (κ1) is 13.0. The molecule has 4 atom stereocenters. The third-order valence-corrected chi connectivity index (χ3v) is 3.54. The summed E-state index contributed by atoms with van der Waals surface area (Å²) in [6, 6.07) is -0.587. The van der Waals surface area contributed by atoms with Crippen molar-refractivity contribution >= 4 is 5.82 Å². The molecule has 0 saturated heterocycles. The van der Waals surface area contributed by atoms with Gasteiger partial charge in [0, 0.05) is 24.3 Å². The first-order valence-electron chi connectivity index (χ1n) is 5.78. The summed E-state index contributed by atoms with van der Waals surface area (Å²) in [7, 11) is 0. The number of rotatable bonds is 2. The van der Waals surface area contributed by atoms with Crippen molar-refractivity contribution in [3.8, 4) is 0 Å². The van der Waals surface area contributed by atoms with Crippen LogP contribution in [0.5, 0.6) is 0 Å². The van der Waals surface area contributed by atoms with Crippen molar-refractivity contribution in [2.24, 2.45) is 5.92 Å². The number of nitrogen functional groups attached to an aromatic ring is 1. The summed E-state index contributed by atoms with van der Waals surface area (Å²) in [4.78, 5) is 15.4. The second-order valence-electron chi connectivity index (χ2n) is 4.73. The van der Waals surface area contributed by atoms with Crippen LogP contribution in [0.1, 0.15) is 18.0 Å². The number of hydrogen-bond donors (Lipinski definition) is 4. The van der Waals surface area contributed by atoms with Gasteiger partial charge in [0.25, 0.3) is 0 Å². The molecule has 1 aromatic rings. The highest BCUT2D eigenvalue weighted by Gasteiger charge is 2.42. The topological polar surface area (TPSA) is 122 Å². The van der Waals surface area contributed by atoms with E-state index in [1.807, 2.05) is 0 Å². The Morgan fingerprint density at radius 3 is 2.72 bits per heavy atom. The van der Waals surface area contributed by atoms with Crippen molar-refractivity contribution in [3.63, 3.8) is 0 Å². The predicted molar refractivity (Wildman–Crippen MR) is 63.9 cm³/mol. The number of nitrogens with two attached hydrogens (primary N) is 1. The third kappa shape index (κ3) is 2.00. The van der Waals surface area contributed by atoms with Crippen molar-refractivity contribution in [1.82, 2.24) is 9.55 Å². The van der Waals surface area contributed by atoms with Gasteiger partial charge in [0.2, 0.25) is 0 Å². The highest BCUT2D eigenvalue weighted by Crippen LogP contribution is 2.34. The maximum Gasteiger partial charge on any atom is 0.349 e. The summed E-state index contributed by atoms with van der Waals surface area (Å²) < 4.78 is 1.27. The third-order valence-electron chi connectivity index (χ3n) is 3.54. The molecule has 1 fully saturated rings. The van der Waals surface area contributed by atoms with Gasteiger partial charge >= 0.3 is 5.69 Å². The van der Waals surface area contributed by atoms with Gasteiger partial charge in [0.05, 0.1) is 12.1 Å². The van der Waals surface area contributed by atoms with Crippen LogP contribution in [0.3, 0.4) is 0 Å². The minimum atomic E-state index is -1.09. The van der Waals surface area contributed by atoms with E-state index in [-0.39, 0.29) is 12.4 Å². The Hall–Kier alpha value is -1.44. The zero-order chi connectivity index (χ0) is 13.4. The molecule has 2 rings (SSSR count). The van der Waals surface area contributed by atoms with Crippen LogP contribution in [0.2, 0.25) is 0 Å². The Bertz CT molecular complexity index is 502. The Balaban J connectivity index is 2.39. The van der Waals surface area contributed by atoms with E-state index >= 15 is 0 Å². The fourth-order valence-electron chi connectivity index (χ4n) is 2.37. The van der Waals surface area contributed by atoms with E-state index in [4.69, 9.17) is 10.8 Å². The van der Waals surface area contributed by atoms with Crippen LogP contribution in [0.15, 0.2) is 11.0 Å². The standard InChI is InChI=1S/C11H17N3O4/c1-5-3-14(11(18)13-10(5)12)7-2-6(4-15)8(16)9(7)17/h3,6-9,15-17H,2,4H2,1H3,(H2,12,13,18). The first-order chi connectivity index (χ1) is 8.45. The molecule has 0 aliphatic heterocycles. The van der Waals surface area contributed by atoms with Gasteiger partial charge in [-0.15, -0.1) is 0 Å². The van der Waals surface area contributed by atoms with Crippen molar-refractivity contribution in [2.45, 2.75) is 31.6 Å².